The summed E-state index contributed by atoms with van der Waals surface area (Å²) in [6, 6.07) is 0. The lowest BCUT2D eigenvalue weighted by atomic mass is 9.97. The van der Waals surface area contributed by atoms with Crippen molar-refractivity contribution < 1.29 is 14.6 Å². The molecule has 0 aliphatic heterocycles. The maximum atomic E-state index is 12.0. The highest BCUT2D eigenvalue weighted by Gasteiger charge is 2.15. The largest absolute Gasteiger partial charge is 0.462 e. The molecule has 0 aromatic rings. The van der Waals surface area contributed by atoms with Gasteiger partial charge in [-0.3, -0.25) is 0 Å². The van der Waals surface area contributed by atoms with Gasteiger partial charge in [-0.2, -0.15) is 0 Å². The van der Waals surface area contributed by atoms with Crippen LogP contribution in [0.3, 0.4) is 0 Å². The minimum atomic E-state index is -0.321. The summed E-state index contributed by atoms with van der Waals surface area (Å²) in [4.78, 5) is 12.0. The van der Waals surface area contributed by atoms with Gasteiger partial charge in [0.2, 0.25) is 0 Å². The van der Waals surface area contributed by atoms with E-state index >= 15 is 0 Å². The Morgan fingerprint density at radius 1 is 0.947 bits per heavy atom. The van der Waals surface area contributed by atoms with Crippen molar-refractivity contribution in [2.24, 2.45) is 0 Å². The van der Waals surface area contributed by atoms with Crippen LogP contribution in [-0.2, 0) is 9.53 Å². The summed E-state index contributed by atoms with van der Waals surface area (Å²) in [5.74, 6) is -0.321. The van der Waals surface area contributed by atoms with E-state index in [1.54, 1.807) is 0 Å². The molecule has 0 aliphatic rings. The Morgan fingerprint density at radius 3 is 1.89 bits per heavy atom. The summed E-state index contributed by atoms with van der Waals surface area (Å²) in [5.41, 5.74) is 1.59. The molecule has 0 amide bonds. The highest BCUT2D eigenvalue weighted by atomic mass is 16.5. The lowest BCUT2D eigenvalue weighted by Gasteiger charge is -2.13. The number of hydrogen-bond donors (Lipinski definition) is 1. The number of carbonyl (C=O) groups is 1. The number of rotatable bonds is 11. The molecule has 0 aromatic carbocycles. The Labute approximate surface area is 118 Å². The molecule has 3 nitrogen and oxygen atoms in total. The van der Waals surface area contributed by atoms with Crippen molar-refractivity contribution in [3.05, 3.63) is 11.1 Å². The Hall–Kier alpha value is -0.830. The van der Waals surface area contributed by atoms with Crippen LogP contribution >= 0.6 is 0 Å². The predicted octanol–water partition coefficient (Wildman–Crippen LogP) is 4.00. The van der Waals surface area contributed by atoms with Gasteiger partial charge in [-0.1, -0.05) is 45.6 Å². The van der Waals surface area contributed by atoms with Gasteiger partial charge in [0, 0.05) is 0 Å². The molecule has 0 bridgehead atoms. The zero-order valence-electron chi connectivity index (χ0n) is 12.8. The fourth-order valence-electron chi connectivity index (χ4n) is 1.92. The average Bonchev–Trinajstić information content (AvgIpc) is 2.42. The van der Waals surface area contributed by atoms with Crippen molar-refractivity contribution in [2.75, 3.05) is 13.2 Å². The molecule has 19 heavy (non-hydrogen) atoms. The Balaban J connectivity index is 4.69. The summed E-state index contributed by atoms with van der Waals surface area (Å²) in [7, 11) is 0. The number of aliphatic hydroxyl groups excluding tert-OH is 1. The lowest BCUT2D eigenvalue weighted by Crippen LogP contribution is -2.14. The first-order valence-corrected chi connectivity index (χ1v) is 7.70. The minimum Gasteiger partial charge on any atom is -0.462 e. The summed E-state index contributed by atoms with van der Waals surface area (Å²) in [5, 5.41) is 9.46. The zero-order valence-corrected chi connectivity index (χ0v) is 12.8. The maximum absolute atomic E-state index is 12.0. The summed E-state index contributed by atoms with van der Waals surface area (Å²) in [6.45, 7) is 6.58. The Kier molecular flexibility index (Phi) is 11.7. The van der Waals surface area contributed by atoms with Crippen LogP contribution in [0.2, 0.25) is 0 Å². The highest BCUT2D eigenvalue weighted by molar-refractivity contribution is 5.89. The number of allylic oxidation sites excluding steroid dienone is 1. The van der Waals surface area contributed by atoms with Crippen molar-refractivity contribution in [1.29, 1.82) is 0 Å². The van der Waals surface area contributed by atoms with Crippen LogP contribution in [0.4, 0.5) is 0 Å². The van der Waals surface area contributed by atoms with Crippen LogP contribution < -0.4 is 0 Å². The van der Waals surface area contributed by atoms with Gasteiger partial charge in [0.25, 0.3) is 0 Å². The van der Waals surface area contributed by atoms with E-state index in [0.717, 1.165) is 56.9 Å². The first kappa shape index (κ1) is 18.2. The number of ether oxygens (including phenoxy) is 1. The standard InChI is InChI=1S/C16H30O3/c1-4-7-10-14(11-8-5-2)15(13-17)16(18)19-12-9-6-3/h17H,4-13H2,1-3H3. The molecular formula is C16H30O3. The number of esters is 1. The van der Waals surface area contributed by atoms with E-state index in [1.807, 2.05) is 0 Å². The van der Waals surface area contributed by atoms with Crippen LogP contribution in [0.5, 0.6) is 0 Å². The van der Waals surface area contributed by atoms with Crippen molar-refractivity contribution in [2.45, 2.75) is 72.1 Å². The van der Waals surface area contributed by atoms with E-state index < -0.39 is 0 Å². The molecule has 0 aromatic heterocycles. The van der Waals surface area contributed by atoms with Crippen LogP contribution in [0.15, 0.2) is 11.1 Å². The van der Waals surface area contributed by atoms with E-state index in [2.05, 4.69) is 20.8 Å². The molecule has 0 radical (unpaired) electrons. The monoisotopic (exact) mass is 270 g/mol. The predicted molar refractivity (Wildman–Crippen MR) is 79.0 cm³/mol. The molecule has 0 atom stereocenters. The number of unbranched alkanes of at least 4 members (excludes halogenated alkanes) is 3. The average molecular weight is 270 g/mol. The van der Waals surface area contributed by atoms with Gasteiger partial charge >= 0.3 is 5.97 Å². The molecule has 0 rings (SSSR count). The second kappa shape index (κ2) is 12.2. The van der Waals surface area contributed by atoms with Gasteiger partial charge < -0.3 is 9.84 Å². The van der Waals surface area contributed by atoms with Gasteiger partial charge in [0.15, 0.2) is 0 Å². The third-order valence-electron chi connectivity index (χ3n) is 3.23. The van der Waals surface area contributed by atoms with Crippen LogP contribution in [0, 0.1) is 0 Å². The Bertz CT molecular complexity index is 259. The number of carbonyl (C=O) groups excluding carboxylic acids is 1. The Morgan fingerprint density at radius 2 is 1.47 bits per heavy atom. The van der Waals surface area contributed by atoms with Gasteiger partial charge in [-0.05, 0) is 32.1 Å². The number of aliphatic hydroxyl groups is 1. The third-order valence-corrected chi connectivity index (χ3v) is 3.23. The topological polar surface area (TPSA) is 46.5 Å². The van der Waals surface area contributed by atoms with E-state index in [1.165, 1.54) is 0 Å². The first-order valence-electron chi connectivity index (χ1n) is 7.70. The van der Waals surface area contributed by atoms with Gasteiger partial charge in [-0.15, -0.1) is 0 Å². The van der Waals surface area contributed by atoms with Crippen LogP contribution in [0.1, 0.15) is 72.1 Å². The lowest BCUT2D eigenvalue weighted by molar-refractivity contribution is -0.139. The van der Waals surface area contributed by atoms with Crippen molar-refractivity contribution in [3.8, 4) is 0 Å². The minimum absolute atomic E-state index is 0.201. The maximum Gasteiger partial charge on any atom is 0.336 e. The molecule has 3 heteroatoms. The zero-order chi connectivity index (χ0) is 14.5. The molecule has 0 aliphatic carbocycles. The van der Waals surface area contributed by atoms with Gasteiger partial charge in [0.1, 0.15) is 0 Å². The van der Waals surface area contributed by atoms with Crippen LogP contribution in [0.25, 0.3) is 0 Å². The SMILES string of the molecule is CCCCOC(=O)C(CO)=C(CCCC)CCCC. The molecule has 1 N–H and O–H groups in total. The van der Waals surface area contributed by atoms with Crippen LogP contribution in [-0.4, -0.2) is 24.3 Å². The van der Waals surface area contributed by atoms with E-state index in [0.29, 0.717) is 12.2 Å². The molecule has 0 saturated heterocycles. The molecule has 112 valence electrons. The summed E-state index contributed by atoms with van der Waals surface area (Å²) in [6.07, 6.45) is 7.99. The molecular weight excluding hydrogens is 240 g/mol. The second-order valence-corrected chi connectivity index (χ2v) is 4.94. The molecule has 0 heterocycles. The molecule has 0 fully saturated rings. The van der Waals surface area contributed by atoms with E-state index in [9.17, 15) is 9.90 Å². The van der Waals surface area contributed by atoms with Crippen molar-refractivity contribution in [3.63, 3.8) is 0 Å². The molecule has 0 unspecified atom stereocenters. The highest BCUT2D eigenvalue weighted by Crippen LogP contribution is 2.20. The smallest absolute Gasteiger partial charge is 0.336 e. The summed E-state index contributed by atoms with van der Waals surface area (Å²) >= 11 is 0. The normalized spacial score (nSPS) is 10.3. The van der Waals surface area contributed by atoms with E-state index in [4.69, 9.17) is 4.74 Å². The molecule has 0 saturated carbocycles. The third kappa shape index (κ3) is 8.04. The van der Waals surface area contributed by atoms with Crippen molar-refractivity contribution >= 4 is 5.97 Å². The number of hydrogen-bond acceptors (Lipinski definition) is 3. The fraction of sp³-hybridized carbons (Fsp3) is 0.812. The van der Waals surface area contributed by atoms with Gasteiger partial charge in [-0.25, -0.2) is 4.79 Å². The molecule has 0 spiro atoms. The quantitative estimate of drug-likeness (QED) is 0.351. The second-order valence-electron chi connectivity index (χ2n) is 4.94. The van der Waals surface area contributed by atoms with Crippen molar-refractivity contribution in [1.82, 2.24) is 0 Å². The fourth-order valence-corrected chi connectivity index (χ4v) is 1.92. The summed E-state index contributed by atoms with van der Waals surface area (Å²) < 4.78 is 5.22. The first-order chi connectivity index (χ1) is 9.21. The van der Waals surface area contributed by atoms with Gasteiger partial charge in [0.05, 0.1) is 18.8 Å². The van der Waals surface area contributed by atoms with E-state index in [-0.39, 0.29) is 12.6 Å².